The van der Waals surface area contributed by atoms with E-state index in [0.717, 1.165) is 16.5 Å². The molecule has 1 aromatic heterocycles. The number of carbonyl (C=O) groups excluding carboxylic acids is 1. The molecule has 7 nitrogen and oxygen atoms in total. The van der Waals surface area contributed by atoms with Gasteiger partial charge in [-0.3, -0.25) is 4.79 Å². The van der Waals surface area contributed by atoms with Crippen LogP contribution in [0.4, 0.5) is 0 Å². The summed E-state index contributed by atoms with van der Waals surface area (Å²) in [4.78, 5) is 11.5. The second-order valence-electron chi connectivity index (χ2n) is 6.18. The lowest BCUT2D eigenvalue weighted by Crippen LogP contribution is -2.56. The first-order chi connectivity index (χ1) is 11.4. The molecular weight excluding hydrogens is 314 g/mol. The minimum atomic E-state index is -1.45. The molecule has 24 heavy (non-hydrogen) atoms. The summed E-state index contributed by atoms with van der Waals surface area (Å²) in [6, 6.07) is 7.36. The number of fused-ring (bicyclic) bond motifs is 1. The number of aliphatic hydroxyl groups is 4. The Hall–Kier alpha value is -1.77. The highest BCUT2D eigenvalue weighted by molar-refractivity contribution is 5.89. The Morgan fingerprint density at radius 2 is 1.88 bits per heavy atom. The molecule has 5 atom stereocenters. The summed E-state index contributed by atoms with van der Waals surface area (Å²) in [7, 11) is 0. The zero-order valence-electron chi connectivity index (χ0n) is 13.2. The van der Waals surface area contributed by atoms with Gasteiger partial charge in [-0.25, -0.2) is 0 Å². The van der Waals surface area contributed by atoms with Gasteiger partial charge in [0, 0.05) is 18.0 Å². The third-order valence-corrected chi connectivity index (χ3v) is 4.40. The minimum absolute atomic E-state index is 0.00621. The smallest absolute Gasteiger partial charge is 0.163 e. The molecule has 2 heterocycles. The molecule has 0 spiro atoms. The molecule has 1 aliphatic heterocycles. The van der Waals surface area contributed by atoms with Gasteiger partial charge in [0.1, 0.15) is 30.2 Å². The maximum atomic E-state index is 11.5. The van der Waals surface area contributed by atoms with Crippen LogP contribution in [0.3, 0.4) is 0 Å². The van der Waals surface area contributed by atoms with Crippen LogP contribution in [0.15, 0.2) is 30.5 Å². The first kappa shape index (κ1) is 17.1. The maximum Gasteiger partial charge on any atom is 0.163 e. The van der Waals surface area contributed by atoms with Crippen molar-refractivity contribution >= 4 is 16.7 Å². The third kappa shape index (κ3) is 2.85. The average molecular weight is 335 g/mol. The molecule has 2 aromatic rings. The number of aliphatic hydroxyl groups excluding tert-OH is 4. The first-order valence-corrected chi connectivity index (χ1v) is 7.82. The highest BCUT2D eigenvalue weighted by atomic mass is 16.6. The van der Waals surface area contributed by atoms with Gasteiger partial charge in [-0.1, -0.05) is 18.2 Å². The van der Waals surface area contributed by atoms with Crippen LogP contribution in [0.1, 0.15) is 18.7 Å². The monoisotopic (exact) mass is 335 g/mol. The van der Waals surface area contributed by atoms with Gasteiger partial charge in [0.25, 0.3) is 0 Å². The summed E-state index contributed by atoms with van der Waals surface area (Å²) in [5.41, 5.74) is 1.52. The predicted molar refractivity (Wildman–Crippen MR) is 85.3 cm³/mol. The van der Waals surface area contributed by atoms with Crippen LogP contribution in [0, 0.1) is 0 Å². The molecule has 1 aromatic carbocycles. The van der Waals surface area contributed by atoms with Crippen LogP contribution in [-0.2, 0) is 16.0 Å². The predicted octanol–water partition coefficient (Wildman–Crippen LogP) is -0.255. The van der Waals surface area contributed by atoms with Crippen molar-refractivity contribution < 1.29 is 30.0 Å². The number of rotatable bonds is 4. The quantitative estimate of drug-likeness (QED) is 0.613. The summed E-state index contributed by atoms with van der Waals surface area (Å²) < 4.78 is 7.25. The second kappa shape index (κ2) is 6.62. The van der Waals surface area contributed by atoms with Crippen LogP contribution in [0.5, 0.6) is 0 Å². The zero-order valence-corrected chi connectivity index (χ0v) is 13.2. The van der Waals surface area contributed by atoms with Crippen molar-refractivity contribution in [3.63, 3.8) is 0 Å². The number of ether oxygens (including phenoxy) is 1. The van der Waals surface area contributed by atoms with E-state index < -0.39 is 37.3 Å². The Morgan fingerprint density at radius 3 is 2.54 bits per heavy atom. The number of Topliss-reactive ketones (excluding diaryl/α,β-unsaturated/α-hetero) is 1. The number of hydrogen-bond acceptors (Lipinski definition) is 6. The van der Waals surface area contributed by atoms with Gasteiger partial charge in [-0.15, -0.1) is 0 Å². The van der Waals surface area contributed by atoms with Crippen molar-refractivity contribution in [1.29, 1.82) is 0 Å². The third-order valence-electron chi connectivity index (χ3n) is 4.40. The van der Waals surface area contributed by atoms with Crippen LogP contribution in [0.2, 0.25) is 0 Å². The largest absolute Gasteiger partial charge is 0.394 e. The molecule has 0 saturated carbocycles. The lowest BCUT2D eigenvalue weighted by atomic mass is 9.98. The Labute approximate surface area is 138 Å². The summed E-state index contributed by atoms with van der Waals surface area (Å²) in [5.74, 6) is 0.00621. The van der Waals surface area contributed by atoms with Crippen LogP contribution >= 0.6 is 0 Å². The molecule has 0 unspecified atom stereocenters. The van der Waals surface area contributed by atoms with E-state index in [1.54, 1.807) is 10.8 Å². The normalized spacial score (nSPS) is 30.6. The highest BCUT2D eigenvalue weighted by Crippen LogP contribution is 2.33. The molecule has 130 valence electrons. The van der Waals surface area contributed by atoms with Crippen molar-refractivity contribution in [2.45, 2.75) is 44.0 Å². The number of ketones is 1. The van der Waals surface area contributed by atoms with Gasteiger partial charge in [0.15, 0.2) is 6.23 Å². The SMILES string of the molecule is CC(=O)Cc1cn([C@@H]2O[C@H](CO)[C@@H](O)[C@H](O)[C@H]2O)c2ccccc12. The zero-order chi connectivity index (χ0) is 17.4. The van der Waals surface area contributed by atoms with Crippen LogP contribution < -0.4 is 0 Å². The maximum absolute atomic E-state index is 11.5. The standard InChI is InChI=1S/C17H21NO6/c1-9(20)6-10-7-18(12-5-3-2-4-11(10)12)17-16(23)15(22)14(21)13(8-19)24-17/h2-5,7,13-17,19,21-23H,6,8H2,1H3/t13-,14-,15+,16-,17-/m1/s1. The van der Waals surface area contributed by atoms with Gasteiger partial charge in [-0.05, 0) is 18.6 Å². The molecule has 1 fully saturated rings. The van der Waals surface area contributed by atoms with E-state index in [0.29, 0.717) is 0 Å². The Balaban J connectivity index is 2.06. The fourth-order valence-corrected chi connectivity index (χ4v) is 3.21. The van der Waals surface area contributed by atoms with E-state index in [2.05, 4.69) is 0 Å². The van der Waals surface area contributed by atoms with Gasteiger partial charge in [-0.2, -0.15) is 0 Å². The summed E-state index contributed by atoms with van der Waals surface area (Å²) in [5, 5.41) is 40.4. The van der Waals surface area contributed by atoms with E-state index in [1.807, 2.05) is 24.3 Å². The van der Waals surface area contributed by atoms with E-state index in [-0.39, 0.29) is 12.2 Å². The summed E-state index contributed by atoms with van der Waals surface area (Å²) in [6.07, 6.45) is -4.23. The van der Waals surface area contributed by atoms with E-state index in [4.69, 9.17) is 4.74 Å². The topological polar surface area (TPSA) is 112 Å². The number of hydrogen-bond donors (Lipinski definition) is 4. The molecular formula is C17H21NO6. The number of aromatic nitrogens is 1. The second-order valence-corrected chi connectivity index (χ2v) is 6.18. The van der Waals surface area contributed by atoms with E-state index >= 15 is 0 Å². The van der Waals surface area contributed by atoms with Crippen LogP contribution in [0.25, 0.3) is 10.9 Å². The van der Waals surface area contributed by atoms with Crippen molar-refractivity contribution in [3.8, 4) is 0 Å². The summed E-state index contributed by atoms with van der Waals surface area (Å²) in [6.45, 7) is 1.01. The average Bonchev–Trinajstić information content (AvgIpc) is 2.91. The lowest BCUT2D eigenvalue weighted by Gasteiger charge is -2.40. The Kier molecular flexibility index (Phi) is 4.71. The van der Waals surface area contributed by atoms with Crippen LogP contribution in [-0.4, -0.2) is 61.8 Å². The number of benzene rings is 1. The fourth-order valence-electron chi connectivity index (χ4n) is 3.21. The van der Waals surface area contributed by atoms with Gasteiger partial charge in [0.05, 0.1) is 12.1 Å². The molecule has 1 aliphatic rings. The van der Waals surface area contributed by atoms with E-state index in [1.165, 1.54) is 6.92 Å². The first-order valence-electron chi connectivity index (χ1n) is 7.82. The number of para-hydroxylation sites is 1. The van der Waals surface area contributed by atoms with Gasteiger partial charge < -0.3 is 29.7 Å². The number of carbonyl (C=O) groups is 1. The van der Waals surface area contributed by atoms with Crippen molar-refractivity contribution in [1.82, 2.24) is 4.57 Å². The van der Waals surface area contributed by atoms with Gasteiger partial charge in [0.2, 0.25) is 0 Å². The fraction of sp³-hybridized carbons (Fsp3) is 0.471. The number of nitrogens with zero attached hydrogens (tertiary/aromatic N) is 1. The molecule has 7 heteroatoms. The Morgan fingerprint density at radius 1 is 1.17 bits per heavy atom. The molecule has 0 radical (unpaired) electrons. The molecule has 0 aliphatic carbocycles. The van der Waals surface area contributed by atoms with Crippen molar-refractivity contribution in [3.05, 3.63) is 36.0 Å². The molecule has 0 bridgehead atoms. The highest BCUT2D eigenvalue weighted by Gasteiger charge is 2.44. The molecule has 3 rings (SSSR count). The van der Waals surface area contributed by atoms with Crippen molar-refractivity contribution in [2.75, 3.05) is 6.61 Å². The van der Waals surface area contributed by atoms with Crippen molar-refractivity contribution in [2.24, 2.45) is 0 Å². The summed E-state index contributed by atoms with van der Waals surface area (Å²) >= 11 is 0. The van der Waals surface area contributed by atoms with E-state index in [9.17, 15) is 25.2 Å². The molecule has 1 saturated heterocycles. The lowest BCUT2D eigenvalue weighted by molar-refractivity contribution is -0.250. The van der Waals surface area contributed by atoms with Gasteiger partial charge >= 0.3 is 0 Å². The minimum Gasteiger partial charge on any atom is -0.394 e. The molecule has 4 N–H and O–H groups in total. The Bertz CT molecular complexity index is 740. The molecule has 0 amide bonds.